The first-order valence-electron chi connectivity index (χ1n) is 5.70. The molecule has 17 heavy (non-hydrogen) atoms. The van der Waals surface area contributed by atoms with Crippen LogP contribution in [0.15, 0.2) is 0 Å². The maximum absolute atomic E-state index is 11.1. The summed E-state index contributed by atoms with van der Waals surface area (Å²) in [6, 6.07) is -0.649. The van der Waals surface area contributed by atoms with Crippen LogP contribution in [0.2, 0.25) is 0 Å². The van der Waals surface area contributed by atoms with Crippen molar-refractivity contribution in [1.82, 2.24) is 15.5 Å². The second-order valence-corrected chi connectivity index (χ2v) is 4.11. The summed E-state index contributed by atoms with van der Waals surface area (Å²) in [5.41, 5.74) is 4.83. The van der Waals surface area contributed by atoms with Gasteiger partial charge in [-0.05, 0) is 6.92 Å². The van der Waals surface area contributed by atoms with Crippen molar-refractivity contribution >= 4 is 11.9 Å². The second-order valence-electron chi connectivity index (χ2n) is 4.11. The molecule has 4 N–H and O–H groups in total. The van der Waals surface area contributed by atoms with Gasteiger partial charge in [0.2, 0.25) is 5.91 Å². The highest BCUT2D eigenvalue weighted by atomic mass is 16.5. The van der Waals surface area contributed by atoms with Gasteiger partial charge in [0.15, 0.2) is 0 Å². The number of rotatable bonds is 5. The van der Waals surface area contributed by atoms with E-state index in [1.54, 1.807) is 0 Å². The highest BCUT2D eigenvalue weighted by molar-refractivity contribution is 5.94. The zero-order chi connectivity index (χ0) is 12.7. The Labute approximate surface area is 101 Å². The average molecular weight is 244 g/mol. The van der Waals surface area contributed by atoms with Gasteiger partial charge in [-0.15, -0.1) is 0 Å². The molecular weight excluding hydrogens is 224 g/mol. The van der Waals surface area contributed by atoms with Gasteiger partial charge in [0.25, 0.3) is 0 Å². The quantitative estimate of drug-likeness (QED) is 0.546. The summed E-state index contributed by atoms with van der Waals surface area (Å²) in [6.45, 7) is 6.29. The van der Waals surface area contributed by atoms with Crippen LogP contribution in [0.1, 0.15) is 6.92 Å². The van der Waals surface area contributed by atoms with Gasteiger partial charge in [-0.1, -0.05) is 0 Å². The molecule has 0 aromatic heterocycles. The first kappa shape index (κ1) is 13.9. The lowest BCUT2D eigenvalue weighted by atomic mass is 10.3. The molecule has 3 amide bonds. The summed E-state index contributed by atoms with van der Waals surface area (Å²) in [6.07, 6.45) is 0. The van der Waals surface area contributed by atoms with Gasteiger partial charge in [0.05, 0.1) is 19.8 Å². The number of ether oxygens (including phenoxy) is 1. The molecule has 98 valence electrons. The number of imide groups is 1. The first-order valence-corrected chi connectivity index (χ1v) is 5.70. The zero-order valence-electron chi connectivity index (χ0n) is 10.1. The van der Waals surface area contributed by atoms with Crippen LogP contribution in [0, 0.1) is 0 Å². The van der Waals surface area contributed by atoms with E-state index in [1.165, 1.54) is 0 Å². The van der Waals surface area contributed by atoms with Crippen molar-refractivity contribution < 1.29 is 14.3 Å². The van der Waals surface area contributed by atoms with E-state index in [-0.39, 0.29) is 12.6 Å². The minimum Gasteiger partial charge on any atom is -0.379 e. The lowest BCUT2D eigenvalue weighted by Crippen LogP contribution is -2.47. The van der Waals surface area contributed by atoms with E-state index in [1.807, 2.05) is 12.2 Å². The Morgan fingerprint density at radius 2 is 2.06 bits per heavy atom. The van der Waals surface area contributed by atoms with E-state index in [9.17, 15) is 9.59 Å². The largest absolute Gasteiger partial charge is 0.379 e. The summed E-state index contributed by atoms with van der Waals surface area (Å²) in [7, 11) is 0. The van der Waals surface area contributed by atoms with Crippen molar-refractivity contribution in [3.8, 4) is 0 Å². The Hall–Kier alpha value is -1.18. The van der Waals surface area contributed by atoms with Gasteiger partial charge >= 0.3 is 6.03 Å². The lowest BCUT2D eigenvalue weighted by Gasteiger charge is -2.29. The predicted octanol–water partition coefficient (Wildman–Crippen LogP) is -1.51. The topological polar surface area (TPSA) is 96.7 Å². The summed E-state index contributed by atoms with van der Waals surface area (Å²) in [4.78, 5) is 23.8. The van der Waals surface area contributed by atoms with Crippen molar-refractivity contribution in [2.24, 2.45) is 5.73 Å². The number of nitrogens with one attached hydrogen (secondary N) is 2. The van der Waals surface area contributed by atoms with Gasteiger partial charge in [-0.3, -0.25) is 15.0 Å². The predicted molar refractivity (Wildman–Crippen MR) is 62.4 cm³/mol. The van der Waals surface area contributed by atoms with Crippen molar-refractivity contribution in [2.45, 2.75) is 13.0 Å². The smallest absolute Gasteiger partial charge is 0.318 e. The van der Waals surface area contributed by atoms with Crippen molar-refractivity contribution in [3.05, 3.63) is 0 Å². The van der Waals surface area contributed by atoms with Crippen LogP contribution in [-0.2, 0) is 9.53 Å². The fourth-order valence-electron chi connectivity index (χ4n) is 1.68. The van der Waals surface area contributed by atoms with Crippen molar-refractivity contribution in [1.29, 1.82) is 0 Å². The number of primary amides is 1. The molecule has 1 rings (SSSR count). The minimum atomic E-state index is -0.822. The maximum Gasteiger partial charge on any atom is 0.318 e. The number of carbonyl (C=O) groups excluding carboxylic acids is 2. The van der Waals surface area contributed by atoms with Crippen LogP contribution in [0.3, 0.4) is 0 Å². The Morgan fingerprint density at radius 1 is 1.41 bits per heavy atom. The number of hydrogen-bond acceptors (Lipinski definition) is 5. The fraction of sp³-hybridized carbons (Fsp3) is 0.800. The molecule has 7 heteroatoms. The Morgan fingerprint density at radius 3 is 2.65 bits per heavy atom. The third-order valence-electron chi connectivity index (χ3n) is 2.51. The van der Waals surface area contributed by atoms with Crippen LogP contribution in [0.25, 0.3) is 0 Å². The molecule has 1 fully saturated rings. The first-order chi connectivity index (χ1) is 8.08. The maximum atomic E-state index is 11.1. The zero-order valence-corrected chi connectivity index (χ0v) is 10.1. The van der Waals surface area contributed by atoms with Crippen molar-refractivity contribution in [3.63, 3.8) is 0 Å². The van der Waals surface area contributed by atoms with Gasteiger partial charge < -0.3 is 15.8 Å². The molecule has 1 saturated heterocycles. The molecule has 0 saturated carbocycles. The summed E-state index contributed by atoms with van der Waals surface area (Å²) in [5.74, 6) is -0.411. The minimum absolute atomic E-state index is 0.0917. The van der Waals surface area contributed by atoms with E-state index in [0.29, 0.717) is 0 Å². The number of carbonyl (C=O) groups is 2. The second kappa shape index (κ2) is 7.21. The summed E-state index contributed by atoms with van der Waals surface area (Å²) in [5, 5.41) is 5.04. The van der Waals surface area contributed by atoms with Crippen LogP contribution >= 0.6 is 0 Å². The number of amides is 3. The number of hydrogen-bond donors (Lipinski definition) is 3. The molecule has 1 aliphatic heterocycles. The summed E-state index contributed by atoms with van der Waals surface area (Å²) < 4.78 is 5.25. The van der Waals surface area contributed by atoms with Gasteiger partial charge in [0.1, 0.15) is 0 Å². The normalized spacial score (nSPS) is 18.6. The standard InChI is InChI=1S/C10H20N4O3/c1-8(7-14-2-4-17-5-3-14)12-6-9(15)13-10(11)16/h8,12H,2-7H2,1H3,(H3,11,13,15,16). The summed E-state index contributed by atoms with van der Waals surface area (Å²) >= 11 is 0. The molecule has 1 atom stereocenters. The molecule has 0 aliphatic carbocycles. The molecule has 1 unspecified atom stereocenters. The molecule has 0 bridgehead atoms. The van der Waals surface area contributed by atoms with Gasteiger partial charge in [-0.25, -0.2) is 4.79 Å². The molecule has 0 radical (unpaired) electrons. The van der Waals surface area contributed by atoms with E-state index >= 15 is 0 Å². The Kier molecular flexibility index (Phi) is 5.88. The monoisotopic (exact) mass is 244 g/mol. The number of urea groups is 1. The van der Waals surface area contributed by atoms with Crippen LogP contribution in [0.4, 0.5) is 4.79 Å². The van der Waals surface area contributed by atoms with Crippen LogP contribution in [0.5, 0.6) is 0 Å². The fourth-order valence-corrected chi connectivity index (χ4v) is 1.68. The number of morpholine rings is 1. The number of nitrogens with zero attached hydrogens (tertiary/aromatic N) is 1. The Bertz CT molecular complexity index is 266. The molecular formula is C10H20N4O3. The van der Waals surface area contributed by atoms with E-state index < -0.39 is 11.9 Å². The van der Waals surface area contributed by atoms with Gasteiger partial charge in [0, 0.05) is 25.7 Å². The molecule has 0 spiro atoms. The molecule has 0 aromatic rings. The third kappa shape index (κ3) is 6.20. The average Bonchev–Trinajstić information content (AvgIpc) is 2.27. The van der Waals surface area contributed by atoms with E-state index in [0.717, 1.165) is 32.8 Å². The van der Waals surface area contributed by atoms with Crippen LogP contribution < -0.4 is 16.4 Å². The Balaban J connectivity index is 2.13. The lowest BCUT2D eigenvalue weighted by molar-refractivity contribution is -0.119. The number of nitrogens with two attached hydrogens (primary N) is 1. The van der Waals surface area contributed by atoms with Gasteiger partial charge in [-0.2, -0.15) is 0 Å². The highest BCUT2D eigenvalue weighted by Gasteiger charge is 2.14. The SMILES string of the molecule is CC(CN1CCOCC1)NCC(=O)NC(N)=O. The molecule has 0 aromatic carbocycles. The highest BCUT2D eigenvalue weighted by Crippen LogP contribution is 1.97. The third-order valence-corrected chi connectivity index (χ3v) is 2.51. The van der Waals surface area contributed by atoms with E-state index in [4.69, 9.17) is 10.5 Å². The molecule has 1 heterocycles. The van der Waals surface area contributed by atoms with Crippen molar-refractivity contribution in [2.75, 3.05) is 39.4 Å². The van der Waals surface area contributed by atoms with E-state index in [2.05, 4.69) is 10.2 Å². The molecule has 7 nitrogen and oxygen atoms in total. The molecule has 1 aliphatic rings. The van der Waals surface area contributed by atoms with Crippen LogP contribution in [-0.4, -0.2) is 62.3 Å².